The van der Waals surface area contributed by atoms with Crippen LogP contribution >= 0.6 is 0 Å². The number of ether oxygens (including phenoxy) is 1. The van der Waals surface area contributed by atoms with Gasteiger partial charge in [0.25, 0.3) is 5.91 Å². The first-order valence-electron chi connectivity index (χ1n) is 12.7. The minimum absolute atomic E-state index is 0.00833. The number of carbonyl (C=O) groups is 1. The summed E-state index contributed by atoms with van der Waals surface area (Å²) in [6, 6.07) is 14.7. The van der Waals surface area contributed by atoms with Gasteiger partial charge in [-0.25, -0.2) is 0 Å². The van der Waals surface area contributed by atoms with Gasteiger partial charge >= 0.3 is 0 Å². The molecule has 33 heavy (non-hydrogen) atoms. The zero-order valence-corrected chi connectivity index (χ0v) is 20.2. The van der Waals surface area contributed by atoms with Gasteiger partial charge in [-0.1, -0.05) is 24.3 Å². The fraction of sp³-hybridized carbons (Fsp3) is 0.536. The molecule has 0 atom stereocenters. The number of amides is 1. The summed E-state index contributed by atoms with van der Waals surface area (Å²) < 4.78 is 6.17. The number of rotatable bonds is 5. The Morgan fingerprint density at radius 3 is 2.67 bits per heavy atom. The van der Waals surface area contributed by atoms with Gasteiger partial charge in [0, 0.05) is 25.1 Å². The fourth-order valence-electron chi connectivity index (χ4n) is 4.90. The van der Waals surface area contributed by atoms with Gasteiger partial charge in [0.05, 0.1) is 6.61 Å². The van der Waals surface area contributed by atoms with Crippen LogP contribution in [0.5, 0.6) is 5.75 Å². The first-order chi connectivity index (χ1) is 16.2. The van der Waals surface area contributed by atoms with Crippen LogP contribution in [0.2, 0.25) is 0 Å². The van der Waals surface area contributed by atoms with Crippen LogP contribution in [-0.2, 0) is 13.0 Å². The molecule has 2 bridgehead atoms. The third kappa shape index (κ3) is 7.31. The van der Waals surface area contributed by atoms with Crippen molar-refractivity contribution in [2.24, 2.45) is 0 Å². The number of nitrogens with zero attached hydrogens (tertiary/aromatic N) is 2. The number of hydrogen-bond acceptors (Lipinski definition) is 4. The third-order valence-electron chi connectivity index (χ3n) is 6.74. The second-order valence-corrected chi connectivity index (χ2v) is 9.62. The van der Waals surface area contributed by atoms with Crippen LogP contribution in [0.15, 0.2) is 42.5 Å². The third-order valence-corrected chi connectivity index (χ3v) is 6.74. The van der Waals surface area contributed by atoms with Gasteiger partial charge in [0.2, 0.25) is 0 Å². The van der Waals surface area contributed by atoms with Crippen molar-refractivity contribution in [2.45, 2.75) is 51.5 Å². The molecule has 0 radical (unpaired) electrons. The van der Waals surface area contributed by atoms with E-state index in [1.165, 1.54) is 43.5 Å². The molecule has 0 aromatic heterocycles. The number of benzene rings is 2. The molecule has 0 aliphatic carbocycles. The number of carbonyl (C=O) groups excluding carboxylic acids is 1. The number of hydrogen-bond donors (Lipinski definition) is 1. The lowest BCUT2D eigenvalue weighted by Gasteiger charge is -2.19. The lowest BCUT2D eigenvalue weighted by Crippen LogP contribution is -2.28. The van der Waals surface area contributed by atoms with Gasteiger partial charge < -0.3 is 19.9 Å². The lowest BCUT2D eigenvalue weighted by molar-refractivity contribution is 0.0952. The molecule has 1 N–H and O–H groups in total. The number of fused-ring (bicyclic) bond motifs is 3. The maximum Gasteiger partial charge on any atom is 0.251 e. The quantitative estimate of drug-likeness (QED) is 0.684. The molecule has 2 aromatic carbocycles. The lowest BCUT2D eigenvalue weighted by atomic mass is 9.99. The first kappa shape index (κ1) is 23.8. The van der Waals surface area contributed by atoms with Crippen molar-refractivity contribution in [2.75, 3.05) is 46.4 Å². The molecule has 1 fully saturated rings. The monoisotopic (exact) mass is 449 g/mol. The Morgan fingerprint density at radius 2 is 1.79 bits per heavy atom. The largest absolute Gasteiger partial charge is 0.493 e. The average Bonchev–Trinajstić information content (AvgIpc) is 3.33. The first-order valence-corrected chi connectivity index (χ1v) is 12.7. The van der Waals surface area contributed by atoms with E-state index in [1.807, 2.05) is 18.2 Å². The smallest absolute Gasteiger partial charge is 0.251 e. The van der Waals surface area contributed by atoms with E-state index < -0.39 is 0 Å². The SMILES string of the molecule is CN1CCCCCOc2ccc(C(=O)NCCCN3CCCC3)cc2Cc2cccc(c2)C1. The van der Waals surface area contributed by atoms with E-state index in [0.29, 0.717) is 0 Å². The summed E-state index contributed by atoms with van der Waals surface area (Å²) in [6.07, 6.45) is 7.79. The predicted octanol–water partition coefficient (Wildman–Crippen LogP) is 4.49. The van der Waals surface area contributed by atoms with Gasteiger partial charge in [-0.3, -0.25) is 4.79 Å². The predicted molar refractivity (Wildman–Crippen MR) is 134 cm³/mol. The Bertz CT molecular complexity index is 908. The highest BCUT2D eigenvalue weighted by molar-refractivity contribution is 5.94. The average molecular weight is 450 g/mol. The zero-order valence-electron chi connectivity index (χ0n) is 20.2. The second-order valence-electron chi connectivity index (χ2n) is 9.62. The summed E-state index contributed by atoms with van der Waals surface area (Å²) in [5, 5.41) is 3.11. The topological polar surface area (TPSA) is 44.8 Å². The van der Waals surface area contributed by atoms with Crippen LogP contribution in [0.4, 0.5) is 0 Å². The molecule has 1 saturated heterocycles. The van der Waals surface area contributed by atoms with E-state index in [2.05, 4.69) is 46.4 Å². The highest BCUT2D eigenvalue weighted by Gasteiger charge is 2.14. The molecule has 1 amide bonds. The van der Waals surface area contributed by atoms with Crippen molar-refractivity contribution in [3.63, 3.8) is 0 Å². The summed E-state index contributed by atoms with van der Waals surface area (Å²) in [5.41, 5.74) is 4.39. The molecule has 2 aliphatic rings. The molecule has 2 aliphatic heterocycles. The van der Waals surface area contributed by atoms with Crippen molar-refractivity contribution in [1.29, 1.82) is 0 Å². The van der Waals surface area contributed by atoms with Crippen molar-refractivity contribution in [3.8, 4) is 5.75 Å². The van der Waals surface area contributed by atoms with E-state index in [1.54, 1.807) is 0 Å². The Morgan fingerprint density at radius 1 is 0.970 bits per heavy atom. The van der Waals surface area contributed by atoms with Crippen molar-refractivity contribution in [3.05, 3.63) is 64.7 Å². The molecule has 5 heteroatoms. The summed E-state index contributed by atoms with van der Waals surface area (Å²) >= 11 is 0. The van der Waals surface area contributed by atoms with Crippen LogP contribution in [0.25, 0.3) is 0 Å². The van der Waals surface area contributed by atoms with Crippen LogP contribution in [0, 0.1) is 0 Å². The highest BCUT2D eigenvalue weighted by atomic mass is 16.5. The standard InChI is InChI=1S/C28H39N3O2/c1-30-14-3-2-6-18-33-27-12-11-25(28(32)29-13-8-17-31-15-4-5-16-31)21-26(27)20-23-9-7-10-24(19-23)22-30/h7,9-12,19,21H,2-6,8,13-18,20,22H2,1H3,(H,29,32). The Balaban J connectivity index is 1.44. The molecule has 0 saturated carbocycles. The Kier molecular flexibility index (Phi) is 8.79. The number of likely N-dealkylation sites (tertiary alicyclic amines) is 1. The Labute approximate surface area is 199 Å². The summed E-state index contributed by atoms with van der Waals surface area (Å²) in [5.74, 6) is 0.911. The van der Waals surface area contributed by atoms with Crippen LogP contribution in [0.3, 0.4) is 0 Å². The van der Waals surface area contributed by atoms with Crippen LogP contribution < -0.4 is 10.1 Å². The minimum atomic E-state index is 0.00833. The summed E-state index contributed by atoms with van der Waals surface area (Å²) in [6.45, 7) is 7.00. The zero-order chi connectivity index (χ0) is 22.9. The molecule has 4 rings (SSSR count). The summed E-state index contributed by atoms with van der Waals surface area (Å²) in [4.78, 5) is 17.7. The molecule has 178 valence electrons. The normalized spacial score (nSPS) is 18.2. The van der Waals surface area contributed by atoms with Gasteiger partial charge in [0.15, 0.2) is 0 Å². The summed E-state index contributed by atoms with van der Waals surface area (Å²) in [7, 11) is 2.19. The van der Waals surface area contributed by atoms with E-state index >= 15 is 0 Å². The maximum absolute atomic E-state index is 12.8. The highest BCUT2D eigenvalue weighted by Crippen LogP contribution is 2.25. The molecule has 0 unspecified atom stereocenters. The minimum Gasteiger partial charge on any atom is -0.493 e. The fourth-order valence-corrected chi connectivity index (χ4v) is 4.90. The second kappa shape index (κ2) is 12.2. The van der Waals surface area contributed by atoms with Gasteiger partial charge in [-0.05, 0) is 107 Å². The van der Waals surface area contributed by atoms with Crippen molar-refractivity contribution in [1.82, 2.24) is 15.1 Å². The maximum atomic E-state index is 12.8. The molecular weight excluding hydrogens is 410 g/mol. The van der Waals surface area contributed by atoms with Gasteiger partial charge in [-0.2, -0.15) is 0 Å². The van der Waals surface area contributed by atoms with Crippen LogP contribution in [-0.4, -0.2) is 62.1 Å². The molecule has 0 spiro atoms. The molecule has 2 aromatic rings. The van der Waals surface area contributed by atoms with Crippen LogP contribution in [0.1, 0.15) is 65.6 Å². The van der Waals surface area contributed by atoms with Gasteiger partial charge in [0.1, 0.15) is 5.75 Å². The van der Waals surface area contributed by atoms with Crippen molar-refractivity contribution >= 4 is 5.91 Å². The number of nitrogens with one attached hydrogen (secondary N) is 1. The molecule has 5 nitrogen and oxygen atoms in total. The van der Waals surface area contributed by atoms with Crippen molar-refractivity contribution < 1.29 is 9.53 Å². The molecular formula is C28H39N3O2. The van der Waals surface area contributed by atoms with E-state index in [4.69, 9.17) is 4.74 Å². The Hall–Kier alpha value is -2.37. The van der Waals surface area contributed by atoms with E-state index in [-0.39, 0.29) is 5.91 Å². The van der Waals surface area contributed by atoms with E-state index in [9.17, 15) is 4.79 Å². The molecule has 2 heterocycles. The van der Waals surface area contributed by atoms with Gasteiger partial charge in [-0.15, -0.1) is 0 Å². The van der Waals surface area contributed by atoms with E-state index in [0.717, 1.165) is 75.3 Å².